The number of sulfonamides is 1. The summed E-state index contributed by atoms with van der Waals surface area (Å²) >= 11 is 10.1. The van der Waals surface area contributed by atoms with Crippen molar-refractivity contribution < 1.29 is 13.2 Å². The Kier molecular flexibility index (Phi) is 3.63. The Bertz CT molecular complexity index is 478. The zero-order chi connectivity index (χ0) is 11.9. The second-order valence-electron chi connectivity index (χ2n) is 3.43. The van der Waals surface area contributed by atoms with Crippen LogP contribution in [0.5, 0.6) is 0 Å². The van der Waals surface area contributed by atoms with E-state index in [-0.39, 0.29) is 10.3 Å². The molecule has 1 aliphatic rings. The minimum Gasteiger partial charge on any atom is -0.372 e. The molecule has 1 atom stereocenters. The van der Waals surface area contributed by atoms with E-state index in [1.807, 2.05) is 0 Å². The molecule has 0 N–H and O–H groups in total. The summed E-state index contributed by atoms with van der Waals surface area (Å²) in [5.74, 6) is 0. The lowest BCUT2D eigenvalue weighted by Gasteiger charge is -2.14. The van der Waals surface area contributed by atoms with E-state index in [0.29, 0.717) is 22.0 Å². The van der Waals surface area contributed by atoms with E-state index in [1.54, 1.807) is 7.05 Å². The molecule has 1 aromatic rings. The van der Waals surface area contributed by atoms with Crippen LogP contribution in [0.2, 0.25) is 4.34 Å². The average Bonchev–Trinajstić information content (AvgIpc) is 2.94. The highest BCUT2D eigenvalue weighted by molar-refractivity contribution is 9.10. The molecule has 0 aromatic carbocycles. The maximum Gasteiger partial charge on any atom is 0.252 e. The normalized spacial score (nSPS) is 20.4. The summed E-state index contributed by atoms with van der Waals surface area (Å²) in [6.45, 7) is 1.02. The molecule has 0 spiro atoms. The zero-order valence-corrected chi connectivity index (χ0v) is 12.3. The van der Waals surface area contributed by atoms with Crippen molar-refractivity contribution in [2.24, 2.45) is 0 Å². The van der Waals surface area contributed by atoms with E-state index < -0.39 is 10.0 Å². The predicted molar refractivity (Wildman–Crippen MR) is 66.6 cm³/mol. The number of rotatable bonds is 4. The maximum absolute atomic E-state index is 12.1. The molecule has 90 valence electrons. The lowest BCUT2D eigenvalue weighted by atomic mass is 10.5. The molecule has 2 rings (SSSR count). The second kappa shape index (κ2) is 4.55. The fourth-order valence-corrected chi connectivity index (χ4v) is 4.88. The molecule has 1 aromatic heterocycles. The van der Waals surface area contributed by atoms with Gasteiger partial charge in [0.1, 0.15) is 8.55 Å². The van der Waals surface area contributed by atoms with Gasteiger partial charge < -0.3 is 4.74 Å². The Morgan fingerprint density at radius 2 is 2.38 bits per heavy atom. The molecule has 1 fully saturated rings. The minimum absolute atomic E-state index is 0.0404. The number of likely N-dealkylation sites (N-methyl/N-ethyl adjacent to an activating group) is 1. The zero-order valence-electron chi connectivity index (χ0n) is 8.31. The molecule has 16 heavy (non-hydrogen) atoms. The fourth-order valence-electron chi connectivity index (χ4n) is 1.17. The average molecular weight is 347 g/mol. The highest BCUT2D eigenvalue weighted by atomic mass is 79.9. The summed E-state index contributed by atoms with van der Waals surface area (Å²) in [6.07, 6.45) is 0.0404. The largest absolute Gasteiger partial charge is 0.372 e. The van der Waals surface area contributed by atoms with E-state index in [0.717, 1.165) is 11.3 Å². The van der Waals surface area contributed by atoms with Gasteiger partial charge in [-0.1, -0.05) is 11.6 Å². The van der Waals surface area contributed by atoms with Crippen LogP contribution < -0.4 is 0 Å². The van der Waals surface area contributed by atoms with Crippen LogP contribution in [-0.4, -0.2) is 39.0 Å². The van der Waals surface area contributed by atoms with Gasteiger partial charge in [0.25, 0.3) is 10.0 Å². The van der Waals surface area contributed by atoms with Crippen LogP contribution in [0.3, 0.4) is 0 Å². The number of halogens is 2. The van der Waals surface area contributed by atoms with Crippen LogP contribution in [-0.2, 0) is 14.8 Å². The first-order chi connectivity index (χ1) is 7.41. The summed E-state index contributed by atoms with van der Waals surface area (Å²) in [4.78, 5) is 0. The van der Waals surface area contributed by atoms with Crippen molar-refractivity contribution >= 4 is 48.9 Å². The van der Waals surface area contributed by atoms with E-state index in [4.69, 9.17) is 16.3 Å². The third-order valence-corrected chi connectivity index (χ3v) is 6.90. The molecule has 0 radical (unpaired) electrons. The summed E-state index contributed by atoms with van der Waals surface area (Å²) < 4.78 is 31.7. The standard InChI is InChI=1S/C8H9BrClNO3S2/c1-11(3-5-4-14-5)16(12,13)7-2-6(9)8(10)15-7/h2,5H,3-4H2,1H3. The number of epoxide rings is 1. The third kappa shape index (κ3) is 2.60. The van der Waals surface area contributed by atoms with E-state index in [9.17, 15) is 8.42 Å². The molecule has 0 bridgehead atoms. The van der Waals surface area contributed by atoms with Crippen molar-refractivity contribution in [3.63, 3.8) is 0 Å². The van der Waals surface area contributed by atoms with Gasteiger partial charge in [0.05, 0.1) is 12.7 Å². The van der Waals surface area contributed by atoms with Crippen LogP contribution in [0.4, 0.5) is 0 Å². The summed E-state index contributed by atoms with van der Waals surface area (Å²) in [5.41, 5.74) is 0. The van der Waals surface area contributed by atoms with Gasteiger partial charge in [0.2, 0.25) is 0 Å². The first-order valence-electron chi connectivity index (χ1n) is 4.44. The van der Waals surface area contributed by atoms with E-state index >= 15 is 0 Å². The first-order valence-corrected chi connectivity index (χ1v) is 7.87. The molecule has 4 nitrogen and oxygen atoms in total. The van der Waals surface area contributed by atoms with Gasteiger partial charge in [-0.3, -0.25) is 0 Å². The van der Waals surface area contributed by atoms with E-state index in [2.05, 4.69) is 15.9 Å². The Morgan fingerprint density at radius 3 is 2.81 bits per heavy atom. The van der Waals surface area contributed by atoms with Crippen LogP contribution in [0.1, 0.15) is 0 Å². The number of ether oxygens (including phenoxy) is 1. The van der Waals surface area contributed by atoms with Gasteiger partial charge >= 0.3 is 0 Å². The van der Waals surface area contributed by atoms with Crippen LogP contribution >= 0.6 is 38.9 Å². The molecular weight excluding hydrogens is 338 g/mol. The molecule has 0 saturated carbocycles. The van der Waals surface area contributed by atoms with Crippen molar-refractivity contribution in [2.45, 2.75) is 10.3 Å². The van der Waals surface area contributed by atoms with Gasteiger partial charge in [0, 0.05) is 18.1 Å². The smallest absolute Gasteiger partial charge is 0.252 e. The van der Waals surface area contributed by atoms with Gasteiger partial charge in [-0.25, -0.2) is 8.42 Å². The molecular formula is C8H9BrClNO3S2. The summed E-state index contributed by atoms with van der Waals surface area (Å²) in [5, 5.41) is 0. The quantitative estimate of drug-likeness (QED) is 0.785. The van der Waals surface area contributed by atoms with Crippen molar-refractivity contribution in [3.05, 3.63) is 14.9 Å². The van der Waals surface area contributed by atoms with Crippen molar-refractivity contribution in [2.75, 3.05) is 20.2 Å². The minimum atomic E-state index is -3.44. The second-order valence-corrected chi connectivity index (χ2v) is 8.21. The number of thiophene rings is 1. The SMILES string of the molecule is CN(CC1CO1)S(=O)(=O)c1cc(Br)c(Cl)s1. The lowest BCUT2D eigenvalue weighted by molar-refractivity contribution is 0.360. The number of hydrogen-bond donors (Lipinski definition) is 0. The Hall–Kier alpha value is 0.340. The van der Waals surface area contributed by atoms with Crippen LogP contribution in [0.25, 0.3) is 0 Å². The monoisotopic (exact) mass is 345 g/mol. The number of hydrogen-bond acceptors (Lipinski definition) is 4. The lowest BCUT2D eigenvalue weighted by Crippen LogP contribution is -2.29. The molecule has 0 aliphatic carbocycles. The first kappa shape index (κ1) is 12.8. The van der Waals surface area contributed by atoms with Gasteiger partial charge in [-0.05, 0) is 22.0 Å². The van der Waals surface area contributed by atoms with Crippen LogP contribution in [0, 0.1) is 0 Å². The Balaban J connectivity index is 2.22. The highest BCUT2D eigenvalue weighted by Crippen LogP contribution is 2.35. The Labute approximate surface area is 111 Å². The molecule has 2 heterocycles. The molecule has 1 aliphatic heterocycles. The molecule has 1 saturated heterocycles. The highest BCUT2D eigenvalue weighted by Gasteiger charge is 2.31. The molecule has 8 heteroatoms. The van der Waals surface area contributed by atoms with Crippen molar-refractivity contribution in [1.29, 1.82) is 0 Å². The van der Waals surface area contributed by atoms with Gasteiger partial charge in [0.15, 0.2) is 0 Å². The van der Waals surface area contributed by atoms with Gasteiger partial charge in [-0.2, -0.15) is 4.31 Å². The fraction of sp³-hybridized carbons (Fsp3) is 0.500. The maximum atomic E-state index is 12.1. The third-order valence-electron chi connectivity index (χ3n) is 2.15. The molecule has 0 amide bonds. The van der Waals surface area contributed by atoms with Crippen LogP contribution in [0.15, 0.2) is 14.7 Å². The van der Waals surface area contributed by atoms with E-state index in [1.165, 1.54) is 10.4 Å². The summed E-state index contributed by atoms with van der Waals surface area (Å²) in [7, 11) is -1.90. The topological polar surface area (TPSA) is 49.9 Å². The predicted octanol–water partition coefficient (Wildman–Crippen LogP) is 2.18. The summed E-state index contributed by atoms with van der Waals surface area (Å²) in [6, 6.07) is 1.52. The van der Waals surface area contributed by atoms with Gasteiger partial charge in [-0.15, -0.1) is 11.3 Å². The molecule has 1 unspecified atom stereocenters. The van der Waals surface area contributed by atoms with Crippen molar-refractivity contribution in [1.82, 2.24) is 4.31 Å². The van der Waals surface area contributed by atoms with Crippen molar-refractivity contribution in [3.8, 4) is 0 Å². The Morgan fingerprint density at radius 1 is 1.75 bits per heavy atom. The number of nitrogens with zero attached hydrogens (tertiary/aromatic N) is 1.